The Balaban J connectivity index is 1.99. The molecule has 0 aliphatic carbocycles. The van der Waals surface area contributed by atoms with Gasteiger partial charge in [-0.15, -0.1) is 11.3 Å². The number of aliphatic hydroxyl groups excluding tert-OH is 1. The number of H-pyrrole nitrogens is 1. The zero-order chi connectivity index (χ0) is 16.4. The highest BCUT2D eigenvalue weighted by Crippen LogP contribution is 2.29. The number of benzene rings is 1. The van der Waals surface area contributed by atoms with Crippen molar-refractivity contribution in [3.63, 3.8) is 0 Å². The summed E-state index contributed by atoms with van der Waals surface area (Å²) in [5.74, 6) is 1.51. The molecule has 0 saturated heterocycles. The summed E-state index contributed by atoms with van der Waals surface area (Å²) < 4.78 is 5.33. The lowest BCUT2D eigenvalue weighted by Gasteiger charge is -2.06. The lowest BCUT2D eigenvalue weighted by atomic mass is 10.0. The van der Waals surface area contributed by atoms with Crippen LogP contribution in [0.3, 0.4) is 0 Å². The van der Waals surface area contributed by atoms with Crippen LogP contribution in [0.15, 0.2) is 34.4 Å². The Kier molecular flexibility index (Phi) is 4.45. The first kappa shape index (κ1) is 15.7. The third-order valence-electron chi connectivity index (χ3n) is 3.58. The van der Waals surface area contributed by atoms with E-state index >= 15 is 0 Å². The largest absolute Gasteiger partial charge is 0.491 e. The van der Waals surface area contributed by atoms with Crippen LogP contribution in [0.4, 0.5) is 0 Å². The zero-order valence-electron chi connectivity index (χ0n) is 13.0. The lowest BCUT2D eigenvalue weighted by molar-refractivity contribution is 0.201. The van der Waals surface area contributed by atoms with Crippen LogP contribution in [0, 0.1) is 0 Å². The zero-order valence-corrected chi connectivity index (χ0v) is 13.8. The fraction of sp³-hybridized carbons (Fsp3) is 0.294. The molecule has 0 bridgehead atoms. The van der Waals surface area contributed by atoms with Gasteiger partial charge in [-0.1, -0.05) is 13.8 Å². The number of rotatable bonds is 5. The molecule has 3 rings (SSSR count). The van der Waals surface area contributed by atoms with E-state index in [2.05, 4.69) is 23.8 Å². The standard InChI is InChI=1S/C17H18N2O3S/c1-10(2)13-9-23-17-14(13)16(21)18-15(19-17)11-3-5-12(6-4-11)22-8-7-20/h3-6,9-10,20H,7-8H2,1-2H3,(H,18,19,21). The number of aromatic nitrogens is 2. The molecular formula is C17H18N2O3S. The second-order valence-electron chi connectivity index (χ2n) is 5.54. The minimum Gasteiger partial charge on any atom is -0.491 e. The van der Waals surface area contributed by atoms with Crippen molar-refractivity contribution >= 4 is 21.6 Å². The van der Waals surface area contributed by atoms with E-state index < -0.39 is 0 Å². The van der Waals surface area contributed by atoms with E-state index in [4.69, 9.17) is 9.84 Å². The Morgan fingerprint density at radius 2 is 2.04 bits per heavy atom. The Hall–Kier alpha value is -2.18. The van der Waals surface area contributed by atoms with E-state index in [1.165, 1.54) is 11.3 Å². The van der Waals surface area contributed by atoms with Crippen molar-refractivity contribution in [3.8, 4) is 17.1 Å². The highest BCUT2D eigenvalue weighted by molar-refractivity contribution is 7.16. The topological polar surface area (TPSA) is 75.2 Å². The summed E-state index contributed by atoms with van der Waals surface area (Å²) >= 11 is 1.50. The first-order valence-electron chi connectivity index (χ1n) is 7.45. The van der Waals surface area contributed by atoms with E-state index in [0.717, 1.165) is 16.0 Å². The average molecular weight is 330 g/mol. The second-order valence-corrected chi connectivity index (χ2v) is 6.39. The highest BCUT2D eigenvalue weighted by atomic mass is 32.1. The van der Waals surface area contributed by atoms with Crippen LogP contribution in [0.25, 0.3) is 21.6 Å². The van der Waals surface area contributed by atoms with Gasteiger partial charge in [-0.25, -0.2) is 4.98 Å². The van der Waals surface area contributed by atoms with Gasteiger partial charge in [-0.3, -0.25) is 4.79 Å². The van der Waals surface area contributed by atoms with E-state index in [9.17, 15) is 4.79 Å². The number of fused-ring (bicyclic) bond motifs is 1. The summed E-state index contributed by atoms with van der Waals surface area (Å²) in [6, 6.07) is 7.27. The number of aliphatic hydroxyl groups is 1. The van der Waals surface area contributed by atoms with Gasteiger partial charge in [0.15, 0.2) is 0 Å². The number of aromatic amines is 1. The van der Waals surface area contributed by atoms with Gasteiger partial charge in [0.1, 0.15) is 23.0 Å². The molecule has 0 atom stereocenters. The molecule has 0 spiro atoms. The van der Waals surface area contributed by atoms with Crippen LogP contribution >= 0.6 is 11.3 Å². The van der Waals surface area contributed by atoms with Gasteiger partial charge >= 0.3 is 0 Å². The number of nitrogens with zero attached hydrogens (tertiary/aromatic N) is 1. The number of nitrogens with one attached hydrogen (secondary N) is 1. The molecule has 120 valence electrons. The molecule has 3 aromatic rings. The minimum atomic E-state index is -0.101. The van der Waals surface area contributed by atoms with Crippen LogP contribution in [-0.2, 0) is 0 Å². The third kappa shape index (κ3) is 3.13. The number of hydrogen-bond donors (Lipinski definition) is 2. The maximum atomic E-state index is 12.4. The first-order chi connectivity index (χ1) is 11.1. The summed E-state index contributed by atoms with van der Waals surface area (Å²) in [6.45, 7) is 4.37. The predicted molar refractivity (Wildman–Crippen MR) is 92.3 cm³/mol. The minimum absolute atomic E-state index is 0.0240. The molecular weight excluding hydrogens is 312 g/mol. The van der Waals surface area contributed by atoms with Crippen molar-refractivity contribution in [1.82, 2.24) is 9.97 Å². The number of thiophene rings is 1. The van der Waals surface area contributed by atoms with Crippen LogP contribution in [-0.4, -0.2) is 28.3 Å². The Morgan fingerprint density at radius 3 is 2.70 bits per heavy atom. The van der Waals surface area contributed by atoms with Crippen LogP contribution in [0.5, 0.6) is 5.75 Å². The van der Waals surface area contributed by atoms with Gasteiger partial charge in [0.2, 0.25) is 0 Å². The van der Waals surface area contributed by atoms with Crippen LogP contribution in [0.1, 0.15) is 25.3 Å². The van der Waals surface area contributed by atoms with Crippen molar-refractivity contribution in [2.45, 2.75) is 19.8 Å². The van der Waals surface area contributed by atoms with Crippen molar-refractivity contribution in [2.24, 2.45) is 0 Å². The second kappa shape index (κ2) is 6.52. The number of hydrogen-bond acceptors (Lipinski definition) is 5. The summed E-state index contributed by atoms with van der Waals surface area (Å²) in [4.78, 5) is 20.6. The summed E-state index contributed by atoms with van der Waals surface area (Å²) in [5, 5.41) is 11.5. The Morgan fingerprint density at radius 1 is 1.30 bits per heavy atom. The summed E-state index contributed by atoms with van der Waals surface area (Å²) in [7, 11) is 0. The SMILES string of the molecule is CC(C)c1csc2nc(-c3ccc(OCCO)cc3)[nH]c(=O)c12. The fourth-order valence-corrected chi connectivity index (χ4v) is 3.51. The Bertz CT molecular complexity index is 866. The molecule has 0 aliphatic heterocycles. The van der Waals surface area contributed by atoms with E-state index in [1.54, 1.807) is 12.1 Å². The van der Waals surface area contributed by atoms with E-state index in [1.807, 2.05) is 17.5 Å². The van der Waals surface area contributed by atoms with E-state index in [-0.39, 0.29) is 18.8 Å². The molecule has 0 fully saturated rings. The highest BCUT2D eigenvalue weighted by Gasteiger charge is 2.14. The molecule has 0 amide bonds. The van der Waals surface area contributed by atoms with Crippen molar-refractivity contribution < 1.29 is 9.84 Å². The maximum Gasteiger partial charge on any atom is 0.260 e. The lowest BCUT2D eigenvalue weighted by Crippen LogP contribution is -2.10. The summed E-state index contributed by atoms with van der Waals surface area (Å²) in [5.41, 5.74) is 1.76. The molecule has 2 heterocycles. The van der Waals surface area contributed by atoms with Gasteiger partial charge in [-0.2, -0.15) is 0 Å². The average Bonchev–Trinajstić information content (AvgIpc) is 2.98. The number of ether oxygens (including phenoxy) is 1. The van der Waals surface area contributed by atoms with Crippen LogP contribution in [0.2, 0.25) is 0 Å². The maximum absolute atomic E-state index is 12.4. The Labute approximate surface area is 137 Å². The molecule has 1 aromatic carbocycles. The van der Waals surface area contributed by atoms with Gasteiger partial charge < -0.3 is 14.8 Å². The normalized spacial score (nSPS) is 11.3. The smallest absolute Gasteiger partial charge is 0.260 e. The fourth-order valence-electron chi connectivity index (χ4n) is 2.40. The summed E-state index contributed by atoms with van der Waals surface area (Å²) in [6.07, 6.45) is 0. The molecule has 0 unspecified atom stereocenters. The molecule has 6 heteroatoms. The van der Waals surface area contributed by atoms with Gasteiger partial charge in [0.25, 0.3) is 5.56 Å². The van der Waals surface area contributed by atoms with Gasteiger partial charge in [-0.05, 0) is 41.1 Å². The van der Waals surface area contributed by atoms with Gasteiger partial charge in [0.05, 0.1) is 12.0 Å². The van der Waals surface area contributed by atoms with E-state index in [0.29, 0.717) is 22.9 Å². The van der Waals surface area contributed by atoms with Crippen molar-refractivity contribution in [2.75, 3.05) is 13.2 Å². The monoisotopic (exact) mass is 330 g/mol. The molecule has 23 heavy (non-hydrogen) atoms. The third-order valence-corrected chi connectivity index (χ3v) is 4.47. The molecule has 0 radical (unpaired) electrons. The quantitative estimate of drug-likeness (QED) is 0.753. The first-order valence-corrected chi connectivity index (χ1v) is 8.33. The van der Waals surface area contributed by atoms with Crippen molar-refractivity contribution in [1.29, 1.82) is 0 Å². The van der Waals surface area contributed by atoms with Crippen molar-refractivity contribution in [3.05, 3.63) is 45.6 Å². The predicted octanol–water partition coefficient (Wildman–Crippen LogP) is 3.15. The molecule has 2 N–H and O–H groups in total. The molecule has 0 aliphatic rings. The molecule has 5 nitrogen and oxygen atoms in total. The molecule has 0 saturated carbocycles. The van der Waals surface area contributed by atoms with Gasteiger partial charge in [0, 0.05) is 5.56 Å². The van der Waals surface area contributed by atoms with Crippen LogP contribution < -0.4 is 10.3 Å². The molecule has 2 aromatic heterocycles.